The molecule has 0 unspecified atom stereocenters. The molecular formula is C17H16N4O. The molecule has 0 amide bonds. The molecule has 0 aliphatic carbocycles. The van der Waals surface area contributed by atoms with Crippen LogP contribution in [0.25, 0.3) is 12.2 Å². The van der Waals surface area contributed by atoms with E-state index in [9.17, 15) is 0 Å². The summed E-state index contributed by atoms with van der Waals surface area (Å²) < 4.78 is 1.74. The van der Waals surface area contributed by atoms with Gasteiger partial charge in [-0.05, 0) is 33.2 Å². The van der Waals surface area contributed by atoms with Gasteiger partial charge in [-0.3, -0.25) is 0 Å². The molecule has 110 valence electrons. The van der Waals surface area contributed by atoms with Gasteiger partial charge in [0, 0.05) is 0 Å². The molecule has 0 bridgehead atoms. The van der Waals surface area contributed by atoms with Crippen LogP contribution in [0.5, 0.6) is 0 Å². The van der Waals surface area contributed by atoms with Crippen LogP contribution in [-0.2, 0) is 13.2 Å². The van der Waals surface area contributed by atoms with Gasteiger partial charge in [0.1, 0.15) is 0 Å². The molecule has 2 aromatic carbocycles. The third kappa shape index (κ3) is 3.45. The minimum absolute atomic E-state index is 0.0518. The molecule has 0 fully saturated rings. The summed E-state index contributed by atoms with van der Waals surface area (Å²) in [6, 6.07) is 17.8. The molecule has 0 spiro atoms. The number of hydrogen-bond acceptors (Lipinski definition) is 4. The maximum absolute atomic E-state index is 9.06. The predicted octanol–water partition coefficient (Wildman–Crippen LogP) is 2.38. The van der Waals surface area contributed by atoms with Gasteiger partial charge in [0.05, 0.1) is 13.2 Å². The van der Waals surface area contributed by atoms with Crippen LogP contribution in [0.3, 0.4) is 0 Å². The molecule has 0 aliphatic heterocycles. The first-order valence-electron chi connectivity index (χ1n) is 7.03. The molecule has 1 heterocycles. The number of tetrazole rings is 1. The summed E-state index contributed by atoms with van der Waals surface area (Å²) in [5, 5.41) is 20.9. The Bertz CT molecular complexity index is 748. The summed E-state index contributed by atoms with van der Waals surface area (Å²) in [6.07, 6.45) is 3.88. The Morgan fingerprint density at radius 2 is 1.64 bits per heavy atom. The summed E-state index contributed by atoms with van der Waals surface area (Å²) in [7, 11) is 0. The topological polar surface area (TPSA) is 63.8 Å². The second-order valence-electron chi connectivity index (χ2n) is 4.91. The van der Waals surface area contributed by atoms with Gasteiger partial charge in [0.25, 0.3) is 0 Å². The zero-order valence-corrected chi connectivity index (χ0v) is 12.0. The van der Waals surface area contributed by atoms with Crippen molar-refractivity contribution in [1.82, 2.24) is 20.2 Å². The maximum atomic E-state index is 9.06. The average molecular weight is 292 g/mol. The number of benzene rings is 2. The van der Waals surface area contributed by atoms with E-state index >= 15 is 0 Å². The summed E-state index contributed by atoms with van der Waals surface area (Å²) in [5.41, 5.74) is 3.08. The lowest BCUT2D eigenvalue weighted by molar-refractivity contribution is 0.282. The number of rotatable bonds is 5. The molecule has 0 aliphatic rings. The molecule has 0 radical (unpaired) electrons. The van der Waals surface area contributed by atoms with Gasteiger partial charge in [-0.2, -0.15) is 0 Å². The summed E-state index contributed by atoms with van der Waals surface area (Å²) in [4.78, 5) is 0. The number of aliphatic hydroxyl groups is 1. The Hall–Kier alpha value is -2.79. The van der Waals surface area contributed by atoms with Gasteiger partial charge in [-0.25, -0.2) is 4.68 Å². The summed E-state index contributed by atoms with van der Waals surface area (Å²) in [6.45, 7) is 0.642. The lowest BCUT2D eigenvalue weighted by atomic mass is 10.1. The van der Waals surface area contributed by atoms with E-state index in [2.05, 4.69) is 15.5 Å². The van der Waals surface area contributed by atoms with E-state index < -0.39 is 0 Å². The van der Waals surface area contributed by atoms with Crippen molar-refractivity contribution in [2.75, 3.05) is 0 Å². The van der Waals surface area contributed by atoms with Crippen LogP contribution in [-0.4, -0.2) is 25.3 Å². The highest BCUT2D eigenvalue weighted by Crippen LogP contribution is 2.09. The van der Waals surface area contributed by atoms with Crippen molar-refractivity contribution in [3.8, 4) is 0 Å². The highest BCUT2D eigenvalue weighted by molar-refractivity contribution is 5.66. The molecule has 1 aromatic heterocycles. The molecule has 22 heavy (non-hydrogen) atoms. The van der Waals surface area contributed by atoms with E-state index in [0.717, 1.165) is 16.7 Å². The van der Waals surface area contributed by atoms with Crippen LogP contribution in [0, 0.1) is 0 Å². The fourth-order valence-electron chi connectivity index (χ4n) is 2.10. The molecule has 5 nitrogen and oxygen atoms in total. The first-order valence-corrected chi connectivity index (χ1v) is 7.03. The second-order valence-corrected chi connectivity index (χ2v) is 4.91. The fourth-order valence-corrected chi connectivity index (χ4v) is 2.10. The first-order chi connectivity index (χ1) is 10.8. The molecule has 5 heteroatoms. The van der Waals surface area contributed by atoms with E-state index in [1.54, 1.807) is 4.68 Å². The molecular weight excluding hydrogens is 276 g/mol. The monoisotopic (exact) mass is 292 g/mol. The first kappa shape index (κ1) is 14.2. The third-order valence-corrected chi connectivity index (χ3v) is 3.32. The van der Waals surface area contributed by atoms with Crippen LogP contribution in [0.15, 0.2) is 54.6 Å². The molecule has 1 N–H and O–H groups in total. The van der Waals surface area contributed by atoms with Crippen molar-refractivity contribution in [1.29, 1.82) is 0 Å². The smallest absolute Gasteiger partial charge is 0.175 e. The SMILES string of the molecule is OCc1ccc(Cn2nnnc2/C=C/c2ccccc2)cc1. The standard InChI is InChI=1S/C17H16N4O/c22-13-16-8-6-15(7-9-16)12-21-17(18-19-20-21)11-10-14-4-2-1-3-5-14/h1-11,22H,12-13H2/b11-10+. The third-order valence-electron chi connectivity index (χ3n) is 3.32. The Morgan fingerprint density at radius 1 is 0.909 bits per heavy atom. The van der Waals surface area contributed by atoms with Crippen molar-refractivity contribution in [3.63, 3.8) is 0 Å². The van der Waals surface area contributed by atoms with Crippen LogP contribution < -0.4 is 0 Å². The summed E-state index contributed by atoms with van der Waals surface area (Å²) in [5.74, 6) is 0.704. The normalized spacial score (nSPS) is 11.1. The Balaban J connectivity index is 1.75. The van der Waals surface area contributed by atoms with Crippen molar-refractivity contribution in [2.45, 2.75) is 13.2 Å². The van der Waals surface area contributed by atoms with Crippen LogP contribution in [0.2, 0.25) is 0 Å². The molecule has 3 aromatic rings. The lowest BCUT2D eigenvalue weighted by Gasteiger charge is -2.03. The van der Waals surface area contributed by atoms with E-state index in [0.29, 0.717) is 12.4 Å². The fraction of sp³-hybridized carbons (Fsp3) is 0.118. The lowest BCUT2D eigenvalue weighted by Crippen LogP contribution is -2.04. The van der Waals surface area contributed by atoms with Crippen LogP contribution >= 0.6 is 0 Å². The van der Waals surface area contributed by atoms with Crippen LogP contribution in [0.1, 0.15) is 22.5 Å². The zero-order valence-electron chi connectivity index (χ0n) is 12.0. The highest BCUT2D eigenvalue weighted by atomic mass is 16.3. The molecule has 0 saturated carbocycles. The van der Waals surface area contributed by atoms with Crippen molar-refractivity contribution >= 4 is 12.2 Å². The molecule has 0 saturated heterocycles. The van der Waals surface area contributed by atoms with E-state index in [1.807, 2.05) is 66.7 Å². The van der Waals surface area contributed by atoms with Crippen molar-refractivity contribution in [2.24, 2.45) is 0 Å². The Kier molecular flexibility index (Phi) is 4.36. The number of hydrogen-bond donors (Lipinski definition) is 1. The summed E-state index contributed by atoms with van der Waals surface area (Å²) >= 11 is 0. The van der Waals surface area contributed by atoms with E-state index in [-0.39, 0.29) is 6.61 Å². The average Bonchev–Trinajstić information content (AvgIpc) is 3.02. The maximum Gasteiger partial charge on any atom is 0.175 e. The predicted molar refractivity (Wildman–Crippen MR) is 84.7 cm³/mol. The number of nitrogens with zero attached hydrogens (tertiary/aromatic N) is 4. The van der Waals surface area contributed by atoms with E-state index in [4.69, 9.17) is 5.11 Å². The van der Waals surface area contributed by atoms with Gasteiger partial charge in [-0.1, -0.05) is 60.7 Å². The second kappa shape index (κ2) is 6.78. The minimum atomic E-state index is 0.0518. The Morgan fingerprint density at radius 3 is 2.36 bits per heavy atom. The van der Waals surface area contributed by atoms with Crippen LogP contribution in [0.4, 0.5) is 0 Å². The van der Waals surface area contributed by atoms with Gasteiger partial charge in [0.2, 0.25) is 0 Å². The van der Waals surface area contributed by atoms with Gasteiger partial charge < -0.3 is 5.11 Å². The van der Waals surface area contributed by atoms with Gasteiger partial charge >= 0.3 is 0 Å². The minimum Gasteiger partial charge on any atom is -0.392 e. The number of aromatic nitrogens is 4. The van der Waals surface area contributed by atoms with Gasteiger partial charge in [0.15, 0.2) is 5.82 Å². The van der Waals surface area contributed by atoms with Gasteiger partial charge in [-0.15, -0.1) is 5.10 Å². The number of aliphatic hydroxyl groups excluding tert-OH is 1. The zero-order chi connectivity index (χ0) is 15.2. The van der Waals surface area contributed by atoms with Crippen molar-refractivity contribution < 1.29 is 5.11 Å². The largest absolute Gasteiger partial charge is 0.392 e. The molecule has 0 atom stereocenters. The van der Waals surface area contributed by atoms with E-state index in [1.165, 1.54) is 0 Å². The Labute approximate surface area is 128 Å². The molecule has 3 rings (SSSR count). The highest BCUT2D eigenvalue weighted by Gasteiger charge is 2.03. The quantitative estimate of drug-likeness (QED) is 0.784. The van der Waals surface area contributed by atoms with Crippen molar-refractivity contribution in [3.05, 3.63) is 77.1 Å².